The van der Waals surface area contributed by atoms with Gasteiger partial charge in [-0.25, -0.2) is 0 Å². The van der Waals surface area contributed by atoms with Crippen molar-refractivity contribution in [3.8, 4) is 0 Å². The Morgan fingerprint density at radius 2 is 1.89 bits per heavy atom. The second kappa shape index (κ2) is 7.71. The van der Waals surface area contributed by atoms with Crippen molar-refractivity contribution in [3.63, 3.8) is 0 Å². The molecule has 5 nitrogen and oxygen atoms in total. The first-order chi connectivity index (χ1) is 8.11. The van der Waals surface area contributed by atoms with Crippen LogP contribution in [0.5, 0.6) is 0 Å². The van der Waals surface area contributed by atoms with Crippen LogP contribution in [0.3, 0.4) is 0 Å². The van der Waals surface area contributed by atoms with Crippen LogP contribution in [-0.4, -0.2) is 40.7 Å². The lowest BCUT2D eigenvalue weighted by atomic mass is 9.97. The van der Waals surface area contributed by atoms with Crippen molar-refractivity contribution < 1.29 is 19.7 Å². The molecular weight excluding hydrogens is 234 g/mol. The van der Waals surface area contributed by atoms with Crippen LogP contribution in [0, 0.1) is 5.92 Å². The van der Waals surface area contributed by atoms with Crippen molar-refractivity contribution >= 4 is 5.97 Å². The van der Waals surface area contributed by atoms with Gasteiger partial charge in [0.15, 0.2) is 0 Å². The van der Waals surface area contributed by atoms with Gasteiger partial charge in [0.25, 0.3) is 0 Å². The zero-order valence-electron chi connectivity index (χ0n) is 12.1. The molecular formula is C13H27NO4. The molecule has 2 atom stereocenters. The van der Waals surface area contributed by atoms with E-state index in [-0.39, 0.29) is 18.1 Å². The number of nitrogens with one attached hydrogen (secondary N) is 1. The summed E-state index contributed by atoms with van der Waals surface area (Å²) in [6.45, 7) is 10.2. The van der Waals surface area contributed by atoms with Crippen LogP contribution in [0.2, 0.25) is 0 Å². The maximum absolute atomic E-state index is 10.6. The molecule has 0 spiro atoms. The minimum atomic E-state index is -0.991. The molecule has 18 heavy (non-hydrogen) atoms. The topological polar surface area (TPSA) is 78.8 Å². The van der Waals surface area contributed by atoms with E-state index in [1.54, 1.807) is 0 Å². The lowest BCUT2D eigenvalue weighted by Crippen LogP contribution is -2.44. The van der Waals surface area contributed by atoms with Crippen LogP contribution in [0.4, 0.5) is 0 Å². The van der Waals surface area contributed by atoms with E-state index in [9.17, 15) is 9.90 Å². The molecule has 5 heteroatoms. The highest BCUT2D eigenvalue weighted by molar-refractivity contribution is 5.67. The highest BCUT2D eigenvalue weighted by atomic mass is 16.5. The minimum Gasteiger partial charge on any atom is -0.481 e. The standard InChI is InChI=1S/C13H27NO4/c1-9(2)6-10(11(15)7-12(16)17)14-8-18-13(3,4)5/h9-11,14-15H,6-8H2,1-5H3,(H,16,17)/t10-,11-/m0/s1. The summed E-state index contributed by atoms with van der Waals surface area (Å²) in [5.41, 5.74) is -0.257. The molecule has 0 fully saturated rings. The van der Waals surface area contributed by atoms with E-state index in [4.69, 9.17) is 9.84 Å². The Balaban J connectivity index is 4.26. The van der Waals surface area contributed by atoms with E-state index in [1.807, 2.05) is 34.6 Å². The van der Waals surface area contributed by atoms with E-state index < -0.39 is 12.1 Å². The molecule has 0 bridgehead atoms. The van der Waals surface area contributed by atoms with Crippen LogP contribution in [0.25, 0.3) is 0 Å². The Labute approximate surface area is 110 Å². The first kappa shape index (κ1) is 17.4. The quantitative estimate of drug-likeness (QED) is 0.578. The summed E-state index contributed by atoms with van der Waals surface area (Å²) in [6.07, 6.45) is -0.435. The normalized spacial score (nSPS) is 15.7. The zero-order chi connectivity index (χ0) is 14.3. The fraction of sp³-hybridized carbons (Fsp3) is 0.923. The number of hydrogen-bond donors (Lipinski definition) is 3. The molecule has 0 amide bonds. The maximum Gasteiger partial charge on any atom is 0.306 e. The van der Waals surface area contributed by atoms with Gasteiger partial charge < -0.3 is 14.9 Å². The molecule has 0 heterocycles. The van der Waals surface area contributed by atoms with Crippen LogP contribution >= 0.6 is 0 Å². The summed E-state index contributed by atoms with van der Waals surface area (Å²) >= 11 is 0. The van der Waals surface area contributed by atoms with Crippen LogP contribution in [0.1, 0.15) is 47.5 Å². The van der Waals surface area contributed by atoms with Gasteiger partial charge in [-0.05, 0) is 33.1 Å². The average Bonchev–Trinajstić information content (AvgIpc) is 2.12. The van der Waals surface area contributed by atoms with E-state index in [0.29, 0.717) is 19.1 Å². The molecule has 0 radical (unpaired) electrons. The molecule has 0 aromatic rings. The predicted molar refractivity (Wildman–Crippen MR) is 70.3 cm³/mol. The summed E-state index contributed by atoms with van der Waals surface area (Å²) < 4.78 is 5.53. The molecule has 0 rings (SSSR count). The Kier molecular flexibility index (Phi) is 7.43. The van der Waals surface area contributed by atoms with Crippen LogP contribution < -0.4 is 5.32 Å². The lowest BCUT2D eigenvalue weighted by molar-refractivity contribution is -0.139. The third-order valence-electron chi connectivity index (χ3n) is 2.42. The van der Waals surface area contributed by atoms with E-state index in [2.05, 4.69) is 5.32 Å². The van der Waals surface area contributed by atoms with Gasteiger partial charge in [-0.2, -0.15) is 0 Å². The number of carbonyl (C=O) groups is 1. The summed E-state index contributed by atoms with van der Waals surface area (Å²) in [4.78, 5) is 10.6. The summed E-state index contributed by atoms with van der Waals surface area (Å²) in [7, 11) is 0. The van der Waals surface area contributed by atoms with Crippen molar-refractivity contribution in [2.75, 3.05) is 6.73 Å². The molecule has 0 aliphatic heterocycles. The van der Waals surface area contributed by atoms with Gasteiger partial charge >= 0.3 is 5.97 Å². The number of hydrogen-bond acceptors (Lipinski definition) is 4. The summed E-state index contributed by atoms with van der Waals surface area (Å²) in [6, 6.07) is -0.261. The van der Waals surface area contributed by atoms with Crippen molar-refractivity contribution in [1.29, 1.82) is 0 Å². The Morgan fingerprint density at radius 3 is 2.28 bits per heavy atom. The van der Waals surface area contributed by atoms with Gasteiger partial charge in [0.2, 0.25) is 0 Å². The Hall–Kier alpha value is -0.650. The molecule has 108 valence electrons. The maximum atomic E-state index is 10.6. The Bertz CT molecular complexity index is 248. The van der Waals surface area contributed by atoms with Crippen molar-refractivity contribution in [3.05, 3.63) is 0 Å². The van der Waals surface area contributed by atoms with Crippen molar-refractivity contribution in [1.82, 2.24) is 5.32 Å². The van der Waals surface area contributed by atoms with Crippen LogP contribution in [0.15, 0.2) is 0 Å². The highest BCUT2D eigenvalue weighted by Gasteiger charge is 2.23. The van der Waals surface area contributed by atoms with Gasteiger partial charge in [0.05, 0.1) is 24.9 Å². The molecule has 0 saturated heterocycles. The molecule has 3 N–H and O–H groups in total. The SMILES string of the molecule is CC(C)C[C@H](NCOC(C)(C)C)[C@@H](O)CC(=O)O. The summed E-state index contributed by atoms with van der Waals surface area (Å²) in [5, 5.41) is 21.6. The van der Waals surface area contributed by atoms with Crippen molar-refractivity contribution in [2.45, 2.75) is 65.2 Å². The number of aliphatic carboxylic acids is 1. The minimum absolute atomic E-state index is 0.250. The fourth-order valence-electron chi connectivity index (χ4n) is 1.57. The highest BCUT2D eigenvalue weighted by Crippen LogP contribution is 2.12. The van der Waals surface area contributed by atoms with Crippen LogP contribution in [-0.2, 0) is 9.53 Å². The smallest absolute Gasteiger partial charge is 0.306 e. The van der Waals surface area contributed by atoms with Gasteiger partial charge in [0, 0.05) is 6.04 Å². The zero-order valence-corrected chi connectivity index (χ0v) is 12.1. The molecule has 0 unspecified atom stereocenters. The number of rotatable bonds is 8. The largest absolute Gasteiger partial charge is 0.481 e. The van der Waals surface area contributed by atoms with E-state index >= 15 is 0 Å². The van der Waals surface area contributed by atoms with E-state index in [1.165, 1.54) is 0 Å². The average molecular weight is 261 g/mol. The summed E-state index contributed by atoms with van der Waals surface area (Å²) in [5.74, 6) is -0.615. The second-order valence-corrected chi connectivity index (χ2v) is 6.01. The first-order valence-electron chi connectivity index (χ1n) is 6.39. The first-order valence-corrected chi connectivity index (χ1v) is 6.39. The Morgan fingerprint density at radius 1 is 1.33 bits per heavy atom. The molecule has 0 aromatic carbocycles. The fourth-order valence-corrected chi connectivity index (χ4v) is 1.57. The predicted octanol–water partition coefficient (Wildman–Crippen LogP) is 1.60. The number of aliphatic hydroxyl groups excluding tert-OH is 1. The molecule has 0 saturated carbocycles. The lowest BCUT2D eigenvalue weighted by Gasteiger charge is -2.27. The molecule has 0 aliphatic carbocycles. The second-order valence-electron chi connectivity index (χ2n) is 6.01. The van der Waals surface area contributed by atoms with Gasteiger partial charge in [-0.15, -0.1) is 0 Å². The van der Waals surface area contributed by atoms with Gasteiger partial charge in [0.1, 0.15) is 0 Å². The number of carboxylic acid groups (broad SMARTS) is 1. The third-order valence-corrected chi connectivity index (χ3v) is 2.42. The molecule has 0 aliphatic rings. The number of ether oxygens (including phenoxy) is 1. The van der Waals surface area contributed by atoms with E-state index in [0.717, 1.165) is 0 Å². The third kappa shape index (κ3) is 9.39. The number of carboxylic acids is 1. The van der Waals surface area contributed by atoms with Crippen molar-refractivity contribution in [2.24, 2.45) is 5.92 Å². The monoisotopic (exact) mass is 261 g/mol. The van der Waals surface area contributed by atoms with Gasteiger partial charge in [-0.3, -0.25) is 10.1 Å². The number of aliphatic hydroxyl groups is 1. The van der Waals surface area contributed by atoms with Gasteiger partial charge in [-0.1, -0.05) is 13.8 Å². The molecule has 0 aromatic heterocycles.